The Balaban J connectivity index is 2.14. The number of amides is 1. The quantitative estimate of drug-likeness (QED) is 0.167. The molecule has 0 fully saturated rings. The fourth-order valence-corrected chi connectivity index (χ4v) is 4.36. The molecule has 2 aromatic rings. The Morgan fingerprint density at radius 1 is 1.00 bits per heavy atom. The first kappa shape index (κ1) is 21.0. The van der Waals surface area contributed by atoms with E-state index in [9.17, 15) is 31.9 Å². The lowest BCUT2D eigenvalue weighted by atomic mass is 10.1. The maximum absolute atomic E-state index is 14.0. The number of carbonyl (C=O) groups is 1. The summed E-state index contributed by atoms with van der Waals surface area (Å²) in [4.78, 5) is 12.6. The second kappa shape index (κ2) is 7.57. The zero-order chi connectivity index (χ0) is 20.9. The van der Waals surface area contributed by atoms with Gasteiger partial charge in [0.15, 0.2) is 23.3 Å². The van der Waals surface area contributed by atoms with E-state index >= 15 is 0 Å². The summed E-state index contributed by atoms with van der Waals surface area (Å²) >= 11 is 3.87. The van der Waals surface area contributed by atoms with Crippen molar-refractivity contribution < 1.29 is 31.9 Å². The highest BCUT2D eigenvalue weighted by Gasteiger charge is 2.37. The lowest BCUT2D eigenvalue weighted by molar-refractivity contribution is -0.114. The molecule has 0 bridgehead atoms. The van der Waals surface area contributed by atoms with Crippen LogP contribution in [-0.2, 0) is 4.79 Å². The first-order chi connectivity index (χ1) is 13.0. The third-order valence-corrected chi connectivity index (χ3v) is 5.26. The molecule has 0 aliphatic carbocycles. The fraction of sp³-hybridized carbons (Fsp3) is 0.0588. The number of aromatic hydroxyl groups is 1. The summed E-state index contributed by atoms with van der Waals surface area (Å²) in [6.45, 7) is 1.33. The SMILES string of the molecule is CC1=NN(c2c(F)c(F)c(F)c(F)c2F)C(=O)/C1=C/c1cc(I)cc(I)c1O. The standard InChI is InChI=1S/C17H7F5I2N2O2/c1-5-8(3-6-2-7(23)4-9(24)16(6)27)17(28)26(25-5)15-13(21)11(19)10(18)12(20)14(15)22/h2-4,27H,1H3/b8-3+. The van der Waals surface area contributed by atoms with Gasteiger partial charge < -0.3 is 5.11 Å². The first-order valence-corrected chi connectivity index (χ1v) is 9.51. The third kappa shape index (κ3) is 3.38. The number of anilines is 1. The van der Waals surface area contributed by atoms with E-state index in [0.717, 1.165) is 3.57 Å². The van der Waals surface area contributed by atoms with Gasteiger partial charge in [0.25, 0.3) is 5.91 Å². The van der Waals surface area contributed by atoms with Gasteiger partial charge >= 0.3 is 0 Å². The van der Waals surface area contributed by atoms with Crippen molar-refractivity contribution in [2.45, 2.75) is 6.92 Å². The van der Waals surface area contributed by atoms with Crippen LogP contribution in [0, 0.1) is 36.2 Å². The summed E-state index contributed by atoms with van der Waals surface area (Å²) in [7, 11) is 0. The van der Waals surface area contributed by atoms with Crippen molar-refractivity contribution in [1.29, 1.82) is 0 Å². The molecule has 1 heterocycles. The number of benzene rings is 2. The molecular formula is C17H7F5I2N2O2. The average Bonchev–Trinajstić information content (AvgIpc) is 2.90. The van der Waals surface area contributed by atoms with E-state index in [1.807, 2.05) is 45.2 Å². The average molecular weight is 620 g/mol. The summed E-state index contributed by atoms with van der Waals surface area (Å²) in [5, 5.41) is 13.9. The minimum atomic E-state index is -2.33. The van der Waals surface area contributed by atoms with Crippen molar-refractivity contribution in [3.05, 3.63) is 59.5 Å². The Bertz CT molecular complexity index is 1070. The molecule has 11 heteroatoms. The van der Waals surface area contributed by atoms with Gasteiger partial charge in [-0.2, -0.15) is 10.1 Å². The fourth-order valence-electron chi connectivity index (χ4n) is 2.47. The monoisotopic (exact) mass is 620 g/mol. The molecule has 0 unspecified atom stereocenters. The van der Waals surface area contributed by atoms with Crippen LogP contribution in [0.5, 0.6) is 5.75 Å². The first-order valence-electron chi connectivity index (χ1n) is 7.35. The van der Waals surface area contributed by atoms with Gasteiger partial charge in [-0.3, -0.25) is 4.79 Å². The van der Waals surface area contributed by atoms with Crippen molar-refractivity contribution in [1.82, 2.24) is 0 Å². The van der Waals surface area contributed by atoms with Crippen LogP contribution in [0.25, 0.3) is 6.08 Å². The summed E-state index contributed by atoms with van der Waals surface area (Å²) < 4.78 is 69.5. The lowest BCUT2D eigenvalue weighted by Crippen LogP contribution is -2.25. The predicted octanol–water partition coefficient (Wildman–Crippen LogP) is 5.10. The third-order valence-electron chi connectivity index (χ3n) is 3.82. The van der Waals surface area contributed by atoms with Crippen LogP contribution in [0.4, 0.5) is 27.6 Å². The van der Waals surface area contributed by atoms with Gasteiger partial charge in [0.1, 0.15) is 11.4 Å². The van der Waals surface area contributed by atoms with Gasteiger partial charge in [-0.05, 0) is 70.3 Å². The Hall–Kier alpha value is -1.77. The van der Waals surface area contributed by atoms with E-state index in [4.69, 9.17) is 0 Å². The second-order valence-corrected chi connectivity index (χ2v) is 8.01. The van der Waals surface area contributed by atoms with Gasteiger partial charge in [0.05, 0.1) is 14.9 Å². The normalized spacial score (nSPS) is 15.6. The minimum absolute atomic E-state index is 0.0257. The van der Waals surface area contributed by atoms with Crippen LogP contribution < -0.4 is 5.01 Å². The van der Waals surface area contributed by atoms with Crippen molar-refractivity contribution in [2.75, 3.05) is 5.01 Å². The van der Waals surface area contributed by atoms with E-state index in [1.54, 1.807) is 12.1 Å². The van der Waals surface area contributed by atoms with Crippen LogP contribution >= 0.6 is 45.2 Å². The second-order valence-electron chi connectivity index (χ2n) is 5.60. The summed E-state index contributed by atoms with van der Waals surface area (Å²) in [5.41, 5.74) is -1.43. The van der Waals surface area contributed by atoms with Crippen molar-refractivity contribution in [3.63, 3.8) is 0 Å². The molecule has 1 aliphatic heterocycles. The van der Waals surface area contributed by atoms with E-state index in [1.165, 1.54) is 13.0 Å². The summed E-state index contributed by atoms with van der Waals surface area (Å²) in [6.07, 6.45) is 1.23. The summed E-state index contributed by atoms with van der Waals surface area (Å²) in [6, 6.07) is 3.23. The van der Waals surface area contributed by atoms with Crippen molar-refractivity contribution >= 4 is 68.6 Å². The molecule has 0 saturated heterocycles. The van der Waals surface area contributed by atoms with Crippen LogP contribution in [0.2, 0.25) is 0 Å². The minimum Gasteiger partial charge on any atom is -0.506 e. The molecule has 146 valence electrons. The van der Waals surface area contributed by atoms with Gasteiger partial charge in [-0.1, -0.05) is 0 Å². The molecule has 1 N–H and O–H groups in total. The number of phenols is 1. The molecule has 1 amide bonds. The smallest absolute Gasteiger partial charge is 0.280 e. The molecule has 0 radical (unpaired) electrons. The van der Waals surface area contributed by atoms with Crippen LogP contribution in [0.15, 0.2) is 22.8 Å². The van der Waals surface area contributed by atoms with Gasteiger partial charge in [-0.15, -0.1) is 0 Å². The topological polar surface area (TPSA) is 52.9 Å². The zero-order valence-corrected chi connectivity index (χ0v) is 17.9. The van der Waals surface area contributed by atoms with Gasteiger partial charge in [-0.25, -0.2) is 22.0 Å². The number of hydrogen-bond acceptors (Lipinski definition) is 3. The number of hydrogen-bond donors (Lipinski definition) is 1. The maximum Gasteiger partial charge on any atom is 0.280 e. The van der Waals surface area contributed by atoms with Crippen molar-refractivity contribution in [3.8, 4) is 5.75 Å². The number of carbonyl (C=O) groups excluding carboxylic acids is 1. The van der Waals surface area contributed by atoms with Gasteiger partial charge in [0, 0.05) is 9.13 Å². The maximum atomic E-state index is 14.0. The molecule has 28 heavy (non-hydrogen) atoms. The molecule has 1 aliphatic rings. The lowest BCUT2D eigenvalue weighted by Gasteiger charge is -2.15. The highest BCUT2D eigenvalue weighted by atomic mass is 127. The largest absolute Gasteiger partial charge is 0.506 e. The Labute approximate surface area is 182 Å². The Kier molecular flexibility index (Phi) is 5.67. The Morgan fingerprint density at radius 2 is 1.54 bits per heavy atom. The van der Waals surface area contributed by atoms with E-state index in [-0.39, 0.29) is 27.6 Å². The molecule has 0 atom stereocenters. The molecule has 0 saturated carbocycles. The van der Waals surface area contributed by atoms with E-state index in [0.29, 0.717) is 3.57 Å². The molecule has 0 aromatic heterocycles. The number of phenolic OH excluding ortho intramolecular Hbond substituents is 1. The van der Waals surface area contributed by atoms with E-state index in [2.05, 4.69) is 5.10 Å². The number of hydrazone groups is 1. The van der Waals surface area contributed by atoms with Crippen LogP contribution in [0.1, 0.15) is 12.5 Å². The Morgan fingerprint density at radius 3 is 2.11 bits per heavy atom. The van der Waals surface area contributed by atoms with Crippen LogP contribution in [-0.4, -0.2) is 16.7 Å². The molecule has 4 nitrogen and oxygen atoms in total. The molecular weight excluding hydrogens is 613 g/mol. The van der Waals surface area contributed by atoms with E-state index < -0.39 is 40.7 Å². The molecule has 0 spiro atoms. The van der Waals surface area contributed by atoms with Crippen LogP contribution in [0.3, 0.4) is 0 Å². The molecule has 2 aromatic carbocycles. The predicted molar refractivity (Wildman–Crippen MR) is 108 cm³/mol. The number of rotatable bonds is 2. The zero-order valence-electron chi connectivity index (χ0n) is 13.6. The molecule has 3 rings (SSSR count). The number of halogens is 7. The van der Waals surface area contributed by atoms with Crippen molar-refractivity contribution in [2.24, 2.45) is 5.10 Å². The number of nitrogens with zero attached hydrogens (tertiary/aromatic N) is 2. The highest BCUT2D eigenvalue weighted by Crippen LogP contribution is 2.35. The highest BCUT2D eigenvalue weighted by molar-refractivity contribution is 14.1. The van der Waals surface area contributed by atoms with Gasteiger partial charge in [0.2, 0.25) is 5.82 Å². The summed E-state index contributed by atoms with van der Waals surface area (Å²) in [5.74, 6) is -12.3.